The van der Waals surface area contributed by atoms with Crippen LogP contribution in [0.15, 0.2) is 113 Å². The van der Waals surface area contributed by atoms with Gasteiger partial charge < -0.3 is 9.47 Å². The van der Waals surface area contributed by atoms with Gasteiger partial charge in [-0.15, -0.1) is 0 Å². The zero-order chi connectivity index (χ0) is 27.0. The van der Waals surface area contributed by atoms with Crippen LogP contribution in [-0.2, 0) is 18.0 Å². The molecule has 1 aliphatic rings. The Morgan fingerprint density at radius 2 is 1.21 bits per heavy atom. The third-order valence-electron chi connectivity index (χ3n) is 6.45. The Balaban J connectivity index is 1.39. The standard InChI is InChI=1S/C34H29BrO3S/c1-24-10-8-15-27(33(24)37-20-25-11-4-2-5-12-25)18-29-22-39-23-30(32(29)36)19-28-16-9-17-31(35)34(28)38-21-26-13-6-3-7-14-26/h2-19H,20-23H2,1H3. The van der Waals surface area contributed by atoms with Crippen molar-refractivity contribution in [2.75, 3.05) is 11.5 Å². The maximum atomic E-state index is 13.6. The van der Waals surface area contributed by atoms with Crippen LogP contribution in [0.4, 0.5) is 0 Å². The highest BCUT2D eigenvalue weighted by Gasteiger charge is 2.22. The number of benzene rings is 4. The van der Waals surface area contributed by atoms with Crippen LogP contribution in [0.1, 0.15) is 27.8 Å². The highest BCUT2D eigenvalue weighted by atomic mass is 79.9. The minimum absolute atomic E-state index is 0.0678. The van der Waals surface area contributed by atoms with E-state index >= 15 is 0 Å². The van der Waals surface area contributed by atoms with Gasteiger partial charge in [0.2, 0.25) is 0 Å². The third-order valence-corrected chi connectivity index (χ3v) is 8.10. The first-order chi connectivity index (χ1) is 19.1. The Kier molecular flexibility index (Phi) is 9.02. The summed E-state index contributed by atoms with van der Waals surface area (Å²) in [6.07, 6.45) is 3.96. The van der Waals surface area contributed by atoms with E-state index in [1.54, 1.807) is 11.8 Å². The van der Waals surface area contributed by atoms with Crippen LogP contribution in [0.25, 0.3) is 12.2 Å². The number of ketones is 1. The van der Waals surface area contributed by atoms with E-state index in [-0.39, 0.29) is 5.78 Å². The molecular formula is C34H29BrO3S. The van der Waals surface area contributed by atoms with Gasteiger partial charge in [0.15, 0.2) is 5.78 Å². The average Bonchev–Trinajstić information content (AvgIpc) is 2.95. The quantitative estimate of drug-likeness (QED) is 0.190. The van der Waals surface area contributed by atoms with Crippen LogP contribution in [0, 0.1) is 6.92 Å². The lowest BCUT2D eigenvalue weighted by molar-refractivity contribution is -0.112. The first-order valence-electron chi connectivity index (χ1n) is 12.8. The second kappa shape index (κ2) is 13.0. The molecule has 1 aliphatic heterocycles. The molecule has 0 saturated carbocycles. The van der Waals surface area contributed by atoms with Gasteiger partial charge in [0.1, 0.15) is 24.7 Å². The summed E-state index contributed by atoms with van der Waals surface area (Å²) in [5, 5.41) is 0. The lowest BCUT2D eigenvalue weighted by Crippen LogP contribution is -2.16. The van der Waals surface area contributed by atoms with Gasteiger partial charge in [-0.1, -0.05) is 91.0 Å². The number of carbonyl (C=O) groups excluding carboxylic acids is 1. The molecule has 0 bridgehead atoms. The van der Waals surface area contributed by atoms with E-state index in [4.69, 9.17) is 9.47 Å². The van der Waals surface area contributed by atoms with Crippen LogP contribution in [0.3, 0.4) is 0 Å². The van der Waals surface area contributed by atoms with Crippen LogP contribution in [-0.4, -0.2) is 17.3 Å². The van der Waals surface area contributed by atoms with Crippen molar-refractivity contribution in [2.45, 2.75) is 20.1 Å². The molecule has 4 aromatic rings. The predicted molar refractivity (Wildman–Crippen MR) is 165 cm³/mol. The van der Waals surface area contributed by atoms with Crippen molar-refractivity contribution in [3.05, 3.63) is 140 Å². The van der Waals surface area contributed by atoms with Crippen LogP contribution < -0.4 is 9.47 Å². The molecule has 0 aliphatic carbocycles. The number of rotatable bonds is 8. The molecule has 0 unspecified atom stereocenters. The van der Waals surface area contributed by atoms with E-state index in [0.29, 0.717) is 24.7 Å². The molecule has 1 heterocycles. The smallest absolute Gasteiger partial charge is 0.186 e. The Morgan fingerprint density at radius 3 is 1.79 bits per heavy atom. The number of carbonyl (C=O) groups is 1. The largest absolute Gasteiger partial charge is 0.488 e. The third kappa shape index (κ3) is 6.92. The first kappa shape index (κ1) is 27.0. The lowest BCUT2D eigenvalue weighted by atomic mass is 9.99. The molecular weight excluding hydrogens is 568 g/mol. The summed E-state index contributed by atoms with van der Waals surface area (Å²) < 4.78 is 13.3. The van der Waals surface area contributed by atoms with E-state index < -0.39 is 0 Å². The van der Waals surface area contributed by atoms with Crippen LogP contribution >= 0.6 is 27.7 Å². The van der Waals surface area contributed by atoms with Gasteiger partial charge in [-0.25, -0.2) is 0 Å². The molecule has 5 heteroatoms. The maximum absolute atomic E-state index is 13.6. The zero-order valence-electron chi connectivity index (χ0n) is 21.7. The Bertz CT molecular complexity index is 1400. The molecule has 0 N–H and O–H groups in total. The molecule has 0 amide bonds. The van der Waals surface area contributed by atoms with Gasteiger partial charge in [-0.2, -0.15) is 11.8 Å². The number of aryl methyl sites for hydroxylation is 1. The SMILES string of the molecule is Cc1cccc(C=C2CSCC(=Cc3cccc(Br)c3OCc3ccccc3)C2=O)c1OCc1ccccc1. The fourth-order valence-electron chi connectivity index (χ4n) is 4.44. The zero-order valence-corrected chi connectivity index (χ0v) is 24.1. The molecule has 196 valence electrons. The Labute approximate surface area is 242 Å². The second-order valence-corrected chi connectivity index (χ2v) is 11.2. The number of thioether (sulfide) groups is 1. The van der Waals surface area contributed by atoms with Crippen LogP contribution in [0.2, 0.25) is 0 Å². The Hall–Kier alpha value is -3.54. The van der Waals surface area contributed by atoms with Gasteiger partial charge >= 0.3 is 0 Å². The van der Waals surface area contributed by atoms with E-state index in [1.807, 2.05) is 104 Å². The maximum Gasteiger partial charge on any atom is 0.186 e. The molecule has 1 saturated heterocycles. The van der Waals surface area contributed by atoms with Crippen LogP contribution in [0.5, 0.6) is 11.5 Å². The second-order valence-electron chi connectivity index (χ2n) is 9.36. The van der Waals surface area contributed by atoms with E-state index in [0.717, 1.165) is 54.9 Å². The van der Waals surface area contributed by atoms with E-state index in [2.05, 4.69) is 28.1 Å². The molecule has 39 heavy (non-hydrogen) atoms. The van der Waals surface area contributed by atoms with E-state index in [1.165, 1.54) is 0 Å². The normalized spacial score (nSPS) is 15.5. The first-order valence-corrected chi connectivity index (χ1v) is 14.8. The number of Topliss-reactive ketones (excluding diaryl/α,β-unsaturated/α-hetero) is 1. The molecule has 0 spiro atoms. The van der Waals surface area contributed by atoms with Gasteiger partial charge in [0.25, 0.3) is 0 Å². The molecule has 1 fully saturated rings. The van der Waals surface area contributed by atoms with Crippen molar-refractivity contribution in [3.63, 3.8) is 0 Å². The molecule has 3 nitrogen and oxygen atoms in total. The minimum atomic E-state index is 0.0678. The van der Waals surface area contributed by atoms with Crippen molar-refractivity contribution < 1.29 is 14.3 Å². The van der Waals surface area contributed by atoms with E-state index in [9.17, 15) is 4.79 Å². The highest BCUT2D eigenvalue weighted by Crippen LogP contribution is 2.35. The summed E-state index contributed by atoms with van der Waals surface area (Å²) >= 11 is 5.38. The summed E-state index contributed by atoms with van der Waals surface area (Å²) in [5.74, 6) is 2.94. The molecule has 5 rings (SSSR count). The predicted octanol–water partition coefficient (Wildman–Crippen LogP) is 8.70. The fraction of sp³-hybridized carbons (Fsp3) is 0.147. The summed E-state index contributed by atoms with van der Waals surface area (Å²) in [6.45, 7) is 2.96. The fourth-order valence-corrected chi connectivity index (χ4v) is 5.90. The van der Waals surface area contributed by atoms with Crippen molar-refractivity contribution in [1.82, 2.24) is 0 Å². The number of halogens is 1. The summed E-state index contributed by atoms with van der Waals surface area (Å²) in [5.41, 5.74) is 6.58. The monoisotopic (exact) mass is 596 g/mol. The summed E-state index contributed by atoms with van der Waals surface area (Å²) in [6, 6.07) is 32.2. The summed E-state index contributed by atoms with van der Waals surface area (Å²) in [4.78, 5) is 13.6. The van der Waals surface area contributed by atoms with Crippen molar-refractivity contribution >= 4 is 45.6 Å². The topological polar surface area (TPSA) is 35.5 Å². The van der Waals surface area contributed by atoms with Gasteiger partial charge in [0.05, 0.1) is 4.47 Å². The van der Waals surface area contributed by atoms with Gasteiger partial charge in [-0.05, 0) is 57.8 Å². The lowest BCUT2D eigenvalue weighted by Gasteiger charge is -2.19. The number of hydrogen-bond acceptors (Lipinski definition) is 4. The average molecular weight is 598 g/mol. The van der Waals surface area contributed by atoms with Crippen molar-refractivity contribution in [1.29, 1.82) is 0 Å². The number of hydrogen-bond donors (Lipinski definition) is 0. The van der Waals surface area contributed by atoms with Gasteiger partial charge in [0, 0.05) is 33.8 Å². The molecule has 0 aromatic heterocycles. The highest BCUT2D eigenvalue weighted by molar-refractivity contribution is 9.10. The Morgan fingerprint density at radius 1 is 0.692 bits per heavy atom. The van der Waals surface area contributed by atoms with Gasteiger partial charge in [-0.3, -0.25) is 4.79 Å². The van der Waals surface area contributed by atoms with Crippen molar-refractivity contribution in [3.8, 4) is 11.5 Å². The van der Waals surface area contributed by atoms with Crippen molar-refractivity contribution in [2.24, 2.45) is 0 Å². The molecule has 0 atom stereocenters. The minimum Gasteiger partial charge on any atom is -0.488 e. The molecule has 4 aromatic carbocycles. The summed E-state index contributed by atoms with van der Waals surface area (Å²) in [7, 11) is 0. The number of ether oxygens (including phenoxy) is 2. The molecule has 0 radical (unpaired) electrons. The number of para-hydroxylation sites is 2.